The molecule has 0 radical (unpaired) electrons. The van der Waals surface area contributed by atoms with E-state index in [4.69, 9.17) is 5.73 Å². The minimum atomic E-state index is -0.240. The summed E-state index contributed by atoms with van der Waals surface area (Å²) in [4.78, 5) is 0. The van der Waals surface area contributed by atoms with Crippen LogP contribution in [0.2, 0.25) is 0 Å². The molecule has 0 fully saturated rings. The first-order chi connectivity index (χ1) is 6.20. The molecule has 13 heavy (non-hydrogen) atoms. The first-order valence-electron chi connectivity index (χ1n) is 4.13. The predicted octanol–water partition coefficient (Wildman–Crippen LogP) is 2.87. The van der Waals surface area contributed by atoms with Gasteiger partial charge in [-0.25, -0.2) is 4.39 Å². The van der Waals surface area contributed by atoms with Gasteiger partial charge in [0.05, 0.1) is 0 Å². The molecule has 1 nitrogen and oxygen atoms in total. The van der Waals surface area contributed by atoms with Crippen LogP contribution in [0.15, 0.2) is 30.3 Å². The number of fused-ring (bicyclic) bond motifs is 1. The SMILES string of the molecule is Cc1c(F)cc(N)c2ccccc12. The second-order valence-electron chi connectivity index (χ2n) is 3.12. The minimum absolute atomic E-state index is 0.240. The zero-order valence-corrected chi connectivity index (χ0v) is 7.34. The van der Waals surface area contributed by atoms with Crippen LogP contribution in [0.5, 0.6) is 0 Å². The van der Waals surface area contributed by atoms with Crippen molar-refractivity contribution in [2.75, 3.05) is 5.73 Å². The molecule has 0 atom stereocenters. The van der Waals surface area contributed by atoms with Crippen molar-refractivity contribution < 1.29 is 4.39 Å². The molecular weight excluding hydrogens is 165 g/mol. The van der Waals surface area contributed by atoms with Crippen molar-refractivity contribution in [1.82, 2.24) is 0 Å². The lowest BCUT2D eigenvalue weighted by Crippen LogP contribution is -1.92. The summed E-state index contributed by atoms with van der Waals surface area (Å²) in [7, 11) is 0. The molecular formula is C11H10FN. The molecule has 0 aliphatic carbocycles. The molecule has 0 aromatic heterocycles. The van der Waals surface area contributed by atoms with Crippen LogP contribution in [0.4, 0.5) is 10.1 Å². The van der Waals surface area contributed by atoms with Crippen LogP contribution in [-0.4, -0.2) is 0 Å². The van der Waals surface area contributed by atoms with Gasteiger partial charge in [-0.1, -0.05) is 24.3 Å². The Morgan fingerprint density at radius 1 is 1.15 bits per heavy atom. The van der Waals surface area contributed by atoms with E-state index in [2.05, 4.69) is 0 Å². The van der Waals surface area contributed by atoms with Gasteiger partial charge in [-0.3, -0.25) is 0 Å². The molecule has 0 saturated carbocycles. The molecule has 0 saturated heterocycles. The normalized spacial score (nSPS) is 10.6. The summed E-state index contributed by atoms with van der Waals surface area (Å²) in [5, 5.41) is 1.81. The van der Waals surface area contributed by atoms with Gasteiger partial charge in [-0.15, -0.1) is 0 Å². The van der Waals surface area contributed by atoms with Crippen LogP contribution in [0.25, 0.3) is 10.8 Å². The lowest BCUT2D eigenvalue weighted by atomic mass is 10.0. The standard InChI is InChI=1S/C11H10FN/c1-7-8-4-2-3-5-9(8)11(13)6-10(7)12/h2-6H,13H2,1H3. The number of aryl methyl sites for hydroxylation is 1. The van der Waals surface area contributed by atoms with Gasteiger partial charge >= 0.3 is 0 Å². The van der Waals surface area contributed by atoms with Gasteiger partial charge in [0.2, 0.25) is 0 Å². The average molecular weight is 175 g/mol. The number of benzene rings is 2. The average Bonchev–Trinajstić information content (AvgIpc) is 2.15. The zero-order chi connectivity index (χ0) is 9.42. The van der Waals surface area contributed by atoms with Crippen LogP contribution in [0.1, 0.15) is 5.56 Å². The van der Waals surface area contributed by atoms with Crippen molar-refractivity contribution >= 4 is 16.5 Å². The van der Waals surface area contributed by atoms with E-state index in [0.717, 1.165) is 10.8 Å². The molecule has 0 heterocycles. The summed E-state index contributed by atoms with van der Waals surface area (Å²) < 4.78 is 13.2. The molecule has 2 aromatic rings. The van der Waals surface area contributed by atoms with Gasteiger partial charge in [0.1, 0.15) is 5.82 Å². The van der Waals surface area contributed by atoms with E-state index in [1.54, 1.807) is 6.92 Å². The fraction of sp³-hybridized carbons (Fsp3) is 0.0909. The molecule has 0 unspecified atom stereocenters. The minimum Gasteiger partial charge on any atom is -0.398 e. The molecule has 66 valence electrons. The van der Waals surface area contributed by atoms with Crippen molar-refractivity contribution in [3.05, 3.63) is 41.7 Å². The Morgan fingerprint density at radius 3 is 2.46 bits per heavy atom. The third-order valence-electron chi connectivity index (χ3n) is 2.28. The lowest BCUT2D eigenvalue weighted by Gasteiger charge is -2.05. The van der Waals surface area contributed by atoms with Crippen molar-refractivity contribution in [3.8, 4) is 0 Å². The Bertz CT molecular complexity index is 463. The molecule has 0 spiro atoms. The second kappa shape index (κ2) is 2.73. The van der Waals surface area contributed by atoms with Gasteiger partial charge in [-0.2, -0.15) is 0 Å². The Kier molecular flexibility index (Phi) is 1.69. The molecule has 2 rings (SSSR count). The van der Waals surface area contributed by atoms with E-state index in [1.165, 1.54) is 6.07 Å². The fourth-order valence-electron chi connectivity index (χ4n) is 1.51. The smallest absolute Gasteiger partial charge is 0.128 e. The highest BCUT2D eigenvalue weighted by Gasteiger charge is 2.05. The van der Waals surface area contributed by atoms with Gasteiger partial charge in [-0.05, 0) is 23.9 Å². The van der Waals surface area contributed by atoms with Gasteiger partial charge in [0, 0.05) is 11.1 Å². The van der Waals surface area contributed by atoms with Crippen LogP contribution < -0.4 is 5.73 Å². The van der Waals surface area contributed by atoms with E-state index in [-0.39, 0.29) is 5.82 Å². The van der Waals surface area contributed by atoms with E-state index in [1.807, 2.05) is 24.3 Å². The second-order valence-corrected chi connectivity index (χ2v) is 3.12. The summed E-state index contributed by atoms with van der Waals surface area (Å²) in [5.41, 5.74) is 6.84. The molecule has 0 amide bonds. The Hall–Kier alpha value is -1.57. The largest absolute Gasteiger partial charge is 0.398 e. The number of nitrogen functional groups attached to an aromatic ring is 1. The van der Waals surface area contributed by atoms with Gasteiger partial charge in [0.25, 0.3) is 0 Å². The molecule has 2 heteroatoms. The highest BCUT2D eigenvalue weighted by molar-refractivity contribution is 5.95. The maximum absolute atomic E-state index is 13.2. The Balaban J connectivity index is 2.97. The summed E-state index contributed by atoms with van der Waals surface area (Å²) in [6, 6.07) is 8.93. The van der Waals surface area contributed by atoms with Crippen molar-refractivity contribution in [3.63, 3.8) is 0 Å². The summed E-state index contributed by atoms with van der Waals surface area (Å²) in [6.45, 7) is 1.76. The Labute approximate surface area is 76.0 Å². The first kappa shape index (κ1) is 8.05. The van der Waals surface area contributed by atoms with E-state index >= 15 is 0 Å². The van der Waals surface area contributed by atoms with Crippen LogP contribution in [0.3, 0.4) is 0 Å². The molecule has 0 aliphatic rings. The maximum atomic E-state index is 13.2. The molecule has 2 N–H and O–H groups in total. The third-order valence-corrected chi connectivity index (χ3v) is 2.28. The highest BCUT2D eigenvalue weighted by Crippen LogP contribution is 2.26. The lowest BCUT2D eigenvalue weighted by molar-refractivity contribution is 0.621. The van der Waals surface area contributed by atoms with E-state index < -0.39 is 0 Å². The first-order valence-corrected chi connectivity index (χ1v) is 4.13. The molecule has 2 aromatic carbocycles. The van der Waals surface area contributed by atoms with E-state index in [9.17, 15) is 4.39 Å². The predicted molar refractivity (Wildman–Crippen MR) is 53.1 cm³/mol. The van der Waals surface area contributed by atoms with Crippen molar-refractivity contribution in [2.24, 2.45) is 0 Å². The monoisotopic (exact) mass is 175 g/mol. The Morgan fingerprint density at radius 2 is 1.77 bits per heavy atom. The summed E-state index contributed by atoms with van der Waals surface area (Å²) in [6.07, 6.45) is 0. The molecule has 0 bridgehead atoms. The van der Waals surface area contributed by atoms with Crippen molar-refractivity contribution in [2.45, 2.75) is 6.92 Å². The third kappa shape index (κ3) is 1.15. The van der Waals surface area contributed by atoms with E-state index in [0.29, 0.717) is 11.3 Å². The summed E-state index contributed by atoms with van der Waals surface area (Å²) >= 11 is 0. The zero-order valence-electron chi connectivity index (χ0n) is 7.34. The highest BCUT2D eigenvalue weighted by atomic mass is 19.1. The van der Waals surface area contributed by atoms with Crippen LogP contribution in [-0.2, 0) is 0 Å². The topological polar surface area (TPSA) is 26.0 Å². The number of hydrogen-bond acceptors (Lipinski definition) is 1. The number of hydrogen-bond donors (Lipinski definition) is 1. The maximum Gasteiger partial charge on any atom is 0.128 e. The van der Waals surface area contributed by atoms with Gasteiger partial charge in [0.15, 0.2) is 0 Å². The molecule has 0 aliphatic heterocycles. The quantitative estimate of drug-likeness (QED) is 0.612. The van der Waals surface area contributed by atoms with Crippen LogP contribution in [0, 0.1) is 12.7 Å². The number of anilines is 1. The number of halogens is 1. The summed E-state index contributed by atoms with van der Waals surface area (Å²) in [5.74, 6) is -0.240. The van der Waals surface area contributed by atoms with Crippen molar-refractivity contribution in [1.29, 1.82) is 0 Å². The number of nitrogens with two attached hydrogens (primary N) is 1. The fourth-order valence-corrected chi connectivity index (χ4v) is 1.51. The van der Waals surface area contributed by atoms with Gasteiger partial charge < -0.3 is 5.73 Å². The van der Waals surface area contributed by atoms with Crippen LogP contribution >= 0.6 is 0 Å². The number of rotatable bonds is 0.